The minimum Gasteiger partial charge on any atom is -0.349 e. The largest absolute Gasteiger partial charge is 0.349 e. The Morgan fingerprint density at radius 2 is 2.13 bits per heavy atom. The van der Waals surface area contributed by atoms with Crippen LogP contribution < -0.4 is 10.6 Å². The molecule has 1 aromatic carbocycles. The number of carbonyl (C=O) groups is 1. The number of thiophene rings is 1. The van der Waals surface area contributed by atoms with Gasteiger partial charge in [-0.05, 0) is 56.7 Å². The van der Waals surface area contributed by atoms with Gasteiger partial charge in [0.25, 0.3) is 5.91 Å². The molecular formula is C19H26N2OS. The van der Waals surface area contributed by atoms with Crippen LogP contribution in [0.1, 0.15) is 54.8 Å². The van der Waals surface area contributed by atoms with Crippen LogP contribution in [0.15, 0.2) is 24.3 Å². The van der Waals surface area contributed by atoms with Gasteiger partial charge in [-0.3, -0.25) is 4.79 Å². The molecule has 0 spiro atoms. The lowest BCUT2D eigenvalue weighted by Gasteiger charge is -2.17. The summed E-state index contributed by atoms with van der Waals surface area (Å²) in [7, 11) is 0. The fourth-order valence-corrected chi connectivity index (χ4v) is 4.47. The smallest absolute Gasteiger partial charge is 0.261 e. The van der Waals surface area contributed by atoms with Gasteiger partial charge in [-0.15, -0.1) is 11.3 Å². The van der Waals surface area contributed by atoms with E-state index in [-0.39, 0.29) is 11.9 Å². The van der Waals surface area contributed by atoms with Gasteiger partial charge in [0.05, 0.1) is 4.88 Å². The van der Waals surface area contributed by atoms with Crippen molar-refractivity contribution in [1.29, 1.82) is 0 Å². The van der Waals surface area contributed by atoms with E-state index in [1.54, 1.807) is 11.3 Å². The molecular weight excluding hydrogens is 304 g/mol. The van der Waals surface area contributed by atoms with Crippen molar-refractivity contribution >= 4 is 27.3 Å². The molecule has 1 aliphatic rings. The van der Waals surface area contributed by atoms with Crippen LogP contribution in [-0.2, 0) is 6.42 Å². The van der Waals surface area contributed by atoms with E-state index in [0.717, 1.165) is 17.8 Å². The van der Waals surface area contributed by atoms with Crippen molar-refractivity contribution in [2.45, 2.75) is 58.0 Å². The summed E-state index contributed by atoms with van der Waals surface area (Å²) in [6.07, 6.45) is 6.02. The van der Waals surface area contributed by atoms with Crippen LogP contribution in [0.4, 0.5) is 0 Å². The minimum absolute atomic E-state index is 0.0739. The maximum atomic E-state index is 12.6. The topological polar surface area (TPSA) is 41.1 Å². The van der Waals surface area contributed by atoms with Crippen LogP contribution in [0, 0.1) is 0 Å². The lowest BCUT2D eigenvalue weighted by Crippen LogP contribution is -2.32. The van der Waals surface area contributed by atoms with Gasteiger partial charge in [-0.2, -0.15) is 0 Å². The molecule has 1 saturated heterocycles. The standard InChI is InChI=1S/C19H26N2OS/c1-13(2)21-19(22)18-16(12-14-8-4-3-7-11-20-14)15-9-5-6-10-17(15)23-18/h5-6,9-10,13-14,20H,3-4,7-8,11-12H2,1-2H3,(H,21,22). The van der Waals surface area contributed by atoms with Gasteiger partial charge in [0.15, 0.2) is 0 Å². The Morgan fingerprint density at radius 1 is 1.30 bits per heavy atom. The molecule has 0 saturated carbocycles. The Morgan fingerprint density at radius 3 is 2.96 bits per heavy atom. The van der Waals surface area contributed by atoms with Crippen LogP contribution in [0.3, 0.4) is 0 Å². The van der Waals surface area contributed by atoms with Gasteiger partial charge in [0, 0.05) is 16.8 Å². The lowest BCUT2D eigenvalue weighted by molar-refractivity contribution is 0.0946. The van der Waals surface area contributed by atoms with Gasteiger partial charge in [0.1, 0.15) is 0 Å². The van der Waals surface area contributed by atoms with E-state index in [9.17, 15) is 4.79 Å². The summed E-state index contributed by atoms with van der Waals surface area (Å²) in [6, 6.07) is 9.05. The Labute approximate surface area is 142 Å². The van der Waals surface area contributed by atoms with E-state index in [1.807, 2.05) is 13.8 Å². The Bertz CT molecular complexity index is 669. The molecule has 124 valence electrons. The highest BCUT2D eigenvalue weighted by Gasteiger charge is 2.22. The van der Waals surface area contributed by atoms with Crippen LogP contribution >= 0.6 is 11.3 Å². The maximum absolute atomic E-state index is 12.6. The van der Waals surface area contributed by atoms with Crippen molar-refractivity contribution in [1.82, 2.24) is 10.6 Å². The van der Waals surface area contributed by atoms with Gasteiger partial charge in [0.2, 0.25) is 0 Å². The fraction of sp³-hybridized carbons (Fsp3) is 0.526. The monoisotopic (exact) mass is 330 g/mol. The van der Waals surface area contributed by atoms with Gasteiger partial charge < -0.3 is 10.6 Å². The predicted octanol–water partition coefficient (Wildman–Crippen LogP) is 4.11. The third-order valence-electron chi connectivity index (χ3n) is 4.44. The highest BCUT2D eigenvalue weighted by Crippen LogP contribution is 2.33. The molecule has 2 heterocycles. The zero-order valence-corrected chi connectivity index (χ0v) is 14.8. The molecule has 4 heteroatoms. The van der Waals surface area contributed by atoms with Crippen molar-refractivity contribution in [2.24, 2.45) is 0 Å². The molecule has 23 heavy (non-hydrogen) atoms. The van der Waals surface area contributed by atoms with Crippen molar-refractivity contribution < 1.29 is 4.79 Å². The van der Waals surface area contributed by atoms with Crippen molar-refractivity contribution in [2.75, 3.05) is 6.54 Å². The quantitative estimate of drug-likeness (QED) is 0.885. The molecule has 1 atom stereocenters. The normalized spacial score (nSPS) is 19.0. The second-order valence-electron chi connectivity index (χ2n) is 6.74. The highest BCUT2D eigenvalue weighted by molar-refractivity contribution is 7.21. The van der Waals surface area contributed by atoms with Crippen LogP contribution in [0.25, 0.3) is 10.1 Å². The van der Waals surface area contributed by atoms with Crippen LogP contribution in [0.5, 0.6) is 0 Å². The number of nitrogens with one attached hydrogen (secondary N) is 2. The Hall–Kier alpha value is -1.39. The SMILES string of the molecule is CC(C)NC(=O)c1sc2ccccc2c1CC1CCCCCN1. The maximum Gasteiger partial charge on any atom is 0.261 e. The van der Waals surface area contributed by atoms with Gasteiger partial charge in [-0.25, -0.2) is 0 Å². The van der Waals surface area contributed by atoms with E-state index in [0.29, 0.717) is 6.04 Å². The molecule has 3 rings (SSSR count). The van der Waals surface area contributed by atoms with Crippen molar-refractivity contribution in [3.63, 3.8) is 0 Å². The summed E-state index contributed by atoms with van der Waals surface area (Å²) in [5.74, 6) is 0.0739. The summed E-state index contributed by atoms with van der Waals surface area (Å²) >= 11 is 1.63. The lowest BCUT2D eigenvalue weighted by atomic mass is 9.99. The zero-order valence-electron chi connectivity index (χ0n) is 14.0. The third-order valence-corrected chi connectivity index (χ3v) is 5.65. The first-order chi connectivity index (χ1) is 11.1. The summed E-state index contributed by atoms with van der Waals surface area (Å²) in [4.78, 5) is 13.5. The first kappa shape index (κ1) is 16.5. The van der Waals surface area contributed by atoms with E-state index < -0.39 is 0 Å². The molecule has 0 bridgehead atoms. The van der Waals surface area contributed by atoms with Crippen LogP contribution in [-0.4, -0.2) is 24.5 Å². The Balaban J connectivity index is 1.93. The van der Waals surface area contributed by atoms with E-state index in [2.05, 4.69) is 34.9 Å². The van der Waals surface area contributed by atoms with E-state index in [1.165, 1.54) is 41.3 Å². The molecule has 1 unspecified atom stereocenters. The number of rotatable bonds is 4. The average molecular weight is 330 g/mol. The summed E-state index contributed by atoms with van der Waals surface area (Å²) < 4.78 is 1.21. The van der Waals surface area contributed by atoms with Crippen molar-refractivity contribution in [3.8, 4) is 0 Å². The van der Waals surface area contributed by atoms with E-state index in [4.69, 9.17) is 0 Å². The number of amides is 1. The number of hydrogen-bond acceptors (Lipinski definition) is 3. The third kappa shape index (κ3) is 3.93. The van der Waals surface area contributed by atoms with Crippen molar-refractivity contribution in [3.05, 3.63) is 34.7 Å². The molecule has 2 aromatic rings. The zero-order chi connectivity index (χ0) is 16.2. The van der Waals surface area contributed by atoms with Gasteiger partial charge >= 0.3 is 0 Å². The second kappa shape index (κ2) is 7.45. The molecule has 1 aliphatic heterocycles. The fourth-order valence-electron chi connectivity index (χ4n) is 3.33. The average Bonchev–Trinajstić information content (AvgIpc) is 2.69. The molecule has 1 amide bonds. The molecule has 2 N–H and O–H groups in total. The first-order valence-corrected chi connectivity index (χ1v) is 9.51. The number of fused-ring (bicyclic) bond motifs is 1. The molecule has 0 radical (unpaired) electrons. The van der Waals surface area contributed by atoms with Crippen LogP contribution in [0.2, 0.25) is 0 Å². The summed E-state index contributed by atoms with van der Waals surface area (Å²) in [6.45, 7) is 5.12. The number of hydrogen-bond donors (Lipinski definition) is 2. The molecule has 1 aromatic heterocycles. The van der Waals surface area contributed by atoms with Gasteiger partial charge in [-0.1, -0.05) is 31.0 Å². The number of carbonyl (C=O) groups excluding carboxylic acids is 1. The first-order valence-electron chi connectivity index (χ1n) is 8.70. The Kier molecular flexibility index (Phi) is 5.34. The summed E-state index contributed by atoms with van der Waals surface area (Å²) in [5, 5.41) is 7.97. The van der Waals surface area contributed by atoms with E-state index >= 15 is 0 Å². The minimum atomic E-state index is 0.0739. The second-order valence-corrected chi connectivity index (χ2v) is 7.79. The summed E-state index contributed by atoms with van der Waals surface area (Å²) in [5.41, 5.74) is 1.23. The molecule has 0 aliphatic carbocycles. The predicted molar refractivity (Wildman–Crippen MR) is 98.4 cm³/mol. The molecule has 1 fully saturated rings. The number of benzene rings is 1. The highest BCUT2D eigenvalue weighted by atomic mass is 32.1. The molecule has 3 nitrogen and oxygen atoms in total.